The van der Waals surface area contributed by atoms with E-state index in [0.29, 0.717) is 12.5 Å². The van der Waals surface area contributed by atoms with Crippen molar-refractivity contribution in [2.24, 2.45) is 17.6 Å². The molecule has 0 aromatic rings. The van der Waals surface area contributed by atoms with Gasteiger partial charge in [0, 0.05) is 18.5 Å². The fourth-order valence-electron chi connectivity index (χ4n) is 2.34. The van der Waals surface area contributed by atoms with E-state index in [1.165, 1.54) is 0 Å². The van der Waals surface area contributed by atoms with Gasteiger partial charge in [0.05, 0.1) is 6.10 Å². The minimum absolute atomic E-state index is 0. The molecule has 0 aromatic heterocycles. The summed E-state index contributed by atoms with van der Waals surface area (Å²) in [5.41, 5.74) is 5.77. The molecule has 1 aliphatic rings. The SMILES string of the molecule is CC(O)CC(C)CNC(=O)C1CCC(N)C1.Cl. The zero-order valence-electron chi connectivity index (χ0n) is 10.7. The molecule has 0 aliphatic heterocycles. The van der Waals surface area contributed by atoms with Crippen molar-refractivity contribution < 1.29 is 9.90 Å². The van der Waals surface area contributed by atoms with Crippen molar-refractivity contribution in [1.29, 1.82) is 0 Å². The summed E-state index contributed by atoms with van der Waals surface area (Å²) in [6.45, 7) is 4.46. The molecule has 102 valence electrons. The van der Waals surface area contributed by atoms with Crippen molar-refractivity contribution in [1.82, 2.24) is 5.32 Å². The van der Waals surface area contributed by atoms with Gasteiger partial charge in [0.1, 0.15) is 0 Å². The van der Waals surface area contributed by atoms with E-state index in [4.69, 9.17) is 5.73 Å². The predicted molar refractivity (Wildman–Crippen MR) is 71.0 cm³/mol. The third kappa shape index (κ3) is 6.24. The van der Waals surface area contributed by atoms with Crippen molar-refractivity contribution in [2.75, 3.05) is 6.54 Å². The molecule has 0 radical (unpaired) electrons. The fourth-order valence-corrected chi connectivity index (χ4v) is 2.34. The van der Waals surface area contributed by atoms with Crippen LogP contribution < -0.4 is 11.1 Å². The molecule has 4 unspecified atom stereocenters. The van der Waals surface area contributed by atoms with Gasteiger partial charge in [0.2, 0.25) is 5.91 Å². The van der Waals surface area contributed by atoms with Crippen LogP contribution in [0.25, 0.3) is 0 Å². The average Bonchev–Trinajstić information content (AvgIpc) is 2.60. The number of aliphatic hydroxyl groups excluding tert-OH is 1. The lowest BCUT2D eigenvalue weighted by atomic mass is 10.0. The predicted octanol–water partition coefficient (Wildman–Crippen LogP) is 1.06. The molecular formula is C12H25ClN2O2. The van der Waals surface area contributed by atoms with E-state index in [2.05, 4.69) is 5.32 Å². The Morgan fingerprint density at radius 1 is 1.47 bits per heavy atom. The smallest absolute Gasteiger partial charge is 0.223 e. The Morgan fingerprint density at radius 3 is 2.59 bits per heavy atom. The van der Waals surface area contributed by atoms with Gasteiger partial charge in [-0.2, -0.15) is 0 Å². The van der Waals surface area contributed by atoms with Crippen molar-refractivity contribution in [3.63, 3.8) is 0 Å². The van der Waals surface area contributed by atoms with Crippen molar-refractivity contribution >= 4 is 18.3 Å². The molecule has 4 N–H and O–H groups in total. The molecule has 1 amide bonds. The van der Waals surface area contributed by atoms with E-state index in [1.54, 1.807) is 6.92 Å². The Kier molecular flexibility index (Phi) is 7.75. The number of amides is 1. The third-order valence-electron chi connectivity index (χ3n) is 3.21. The molecule has 0 spiro atoms. The van der Waals surface area contributed by atoms with Gasteiger partial charge in [-0.3, -0.25) is 4.79 Å². The molecular weight excluding hydrogens is 240 g/mol. The molecule has 17 heavy (non-hydrogen) atoms. The van der Waals surface area contributed by atoms with Crippen LogP contribution in [-0.4, -0.2) is 29.7 Å². The second kappa shape index (κ2) is 7.90. The van der Waals surface area contributed by atoms with Crippen LogP contribution in [0.5, 0.6) is 0 Å². The summed E-state index contributed by atoms with van der Waals surface area (Å²) in [5, 5.41) is 12.1. The van der Waals surface area contributed by atoms with Crippen LogP contribution in [0, 0.1) is 11.8 Å². The van der Waals surface area contributed by atoms with E-state index >= 15 is 0 Å². The number of carbonyl (C=O) groups is 1. The molecule has 1 fully saturated rings. The molecule has 1 rings (SSSR count). The first-order chi connectivity index (χ1) is 7.49. The molecule has 4 atom stereocenters. The molecule has 0 bridgehead atoms. The van der Waals surface area contributed by atoms with Gasteiger partial charge in [0.25, 0.3) is 0 Å². The van der Waals surface area contributed by atoms with Crippen LogP contribution in [0.2, 0.25) is 0 Å². The molecule has 0 heterocycles. The lowest BCUT2D eigenvalue weighted by Gasteiger charge is -2.16. The molecule has 5 heteroatoms. The number of halogens is 1. The standard InChI is InChI=1S/C12H24N2O2.ClH/c1-8(5-9(2)15)7-14-12(16)10-3-4-11(13)6-10;/h8-11,15H,3-7,13H2,1-2H3,(H,14,16);1H. The van der Waals surface area contributed by atoms with Gasteiger partial charge in [-0.25, -0.2) is 0 Å². The lowest BCUT2D eigenvalue weighted by Crippen LogP contribution is -2.34. The van der Waals surface area contributed by atoms with Gasteiger partial charge in [-0.1, -0.05) is 6.92 Å². The van der Waals surface area contributed by atoms with Crippen LogP contribution in [0.3, 0.4) is 0 Å². The Balaban J connectivity index is 0.00000256. The maximum atomic E-state index is 11.8. The highest BCUT2D eigenvalue weighted by molar-refractivity contribution is 5.85. The minimum Gasteiger partial charge on any atom is -0.393 e. The molecule has 1 aliphatic carbocycles. The van der Waals surface area contributed by atoms with E-state index in [1.807, 2.05) is 6.92 Å². The number of hydrogen-bond donors (Lipinski definition) is 3. The summed E-state index contributed by atoms with van der Waals surface area (Å²) in [7, 11) is 0. The maximum absolute atomic E-state index is 11.8. The number of nitrogens with two attached hydrogens (primary N) is 1. The summed E-state index contributed by atoms with van der Waals surface area (Å²) in [5.74, 6) is 0.554. The first-order valence-corrected chi connectivity index (χ1v) is 6.20. The second-order valence-electron chi connectivity index (χ2n) is 5.21. The van der Waals surface area contributed by atoms with Gasteiger partial charge >= 0.3 is 0 Å². The average molecular weight is 265 g/mol. The van der Waals surface area contributed by atoms with Crippen LogP contribution >= 0.6 is 12.4 Å². The summed E-state index contributed by atoms with van der Waals surface area (Å²) >= 11 is 0. The Bertz CT molecular complexity index is 237. The van der Waals surface area contributed by atoms with E-state index in [0.717, 1.165) is 25.7 Å². The van der Waals surface area contributed by atoms with Crippen LogP contribution in [0.1, 0.15) is 39.5 Å². The Morgan fingerprint density at radius 2 is 2.12 bits per heavy atom. The largest absolute Gasteiger partial charge is 0.393 e. The monoisotopic (exact) mass is 264 g/mol. The zero-order valence-corrected chi connectivity index (χ0v) is 11.5. The zero-order chi connectivity index (χ0) is 12.1. The second-order valence-corrected chi connectivity index (χ2v) is 5.21. The first-order valence-electron chi connectivity index (χ1n) is 6.20. The summed E-state index contributed by atoms with van der Waals surface area (Å²) in [6.07, 6.45) is 3.12. The molecule has 0 saturated heterocycles. The van der Waals surface area contributed by atoms with Gasteiger partial charge in [-0.15, -0.1) is 12.4 Å². The maximum Gasteiger partial charge on any atom is 0.223 e. The third-order valence-corrected chi connectivity index (χ3v) is 3.21. The number of nitrogens with one attached hydrogen (secondary N) is 1. The fraction of sp³-hybridized carbons (Fsp3) is 0.917. The van der Waals surface area contributed by atoms with Crippen molar-refractivity contribution in [3.8, 4) is 0 Å². The summed E-state index contributed by atoms with van der Waals surface area (Å²) < 4.78 is 0. The van der Waals surface area contributed by atoms with E-state index in [-0.39, 0.29) is 36.4 Å². The van der Waals surface area contributed by atoms with Crippen molar-refractivity contribution in [3.05, 3.63) is 0 Å². The van der Waals surface area contributed by atoms with Gasteiger partial charge < -0.3 is 16.2 Å². The number of carbonyl (C=O) groups excluding carboxylic acids is 1. The van der Waals surface area contributed by atoms with Crippen LogP contribution in [0.15, 0.2) is 0 Å². The van der Waals surface area contributed by atoms with Crippen molar-refractivity contribution in [2.45, 2.75) is 51.7 Å². The summed E-state index contributed by atoms with van der Waals surface area (Å²) in [4.78, 5) is 11.8. The highest BCUT2D eigenvalue weighted by atomic mass is 35.5. The molecule has 0 aromatic carbocycles. The molecule has 1 saturated carbocycles. The van der Waals surface area contributed by atoms with E-state index < -0.39 is 0 Å². The van der Waals surface area contributed by atoms with Gasteiger partial charge in [-0.05, 0) is 38.5 Å². The highest BCUT2D eigenvalue weighted by Gasteiger charge is 2.27. The number of rotatable bonds is 5. The topological polar surface area (TPSA) is 75.3 Å². The first kappa shape index (κ1) is 16.7. The lowest BCUT2D eigenvalue weighted by molar-refractivity contribution is -0.125. The quantitative estimate of drug-likeness (QED) is 0.695. The van der Waals surface area contributed by atoms with Gasteiger partial charge in [0.15, 0.2) is 0 Å². The minimum atomic E-state index is -0.299. The highest BCUT2D eigenvalue weighted by Crippen LogP contribution is 2.24. The van der Waals surface area contributed by atoms with Crippen LogP contribution in [0.4, 0.5) is 0 Å². The number of hydrogen-bond acceptors (Lipinski definition) is 3. The normalized spacial score (nSPS) is 27.1. The van der Waals surface area contributed by atoms with Crippen LogP contribution in [-0.2, 0) is 4.79 Å². The Hall–Kier alpha value is -0.320. The summed E-state index contributed by atoms with van der Waals surface area (Å²) in [6, 6.07) is 0.200. The number of aliphatic hydroxyl groups is 1. The Labute approximate surface area is 110 Å². The van der Waals surface area contributed by atoms with E-state index in [9.17, 15) is 9.90 Å². The molecule has 4 nitrogen and oxygen atoms in total.